The zero-order chi connectivity index (χ0) is 18.6. The molecule has 0 aliphatic carbocycles. The van der Waals surface area contributed by atoms with Crippen molar-refractivity contribution in [3.8, 4) is 11.5 Å². The van der Waals surface area contributed by atoms with Crippen molar-refractivity contribution in [3.05, 3.63) is 76.0 Å². The van der Waals surface area contributed by atoms with Crippen LogP contribution in [0.1, 0.15) is 11.3 Å². The van der Waals surface area contributed by atoms with E-state index in [2.05, 4.69) is 20.5 Å². The first-order chi connectivity index (χ1) is 13.2. The van der Waals surface area contributed by atoms with Gasteiger partial charge in [-0.2, -0.15) is 0 Å². The van der Waals surface area contributed by atoms with E-state index in [-0.39, 0.29) is 35.5 Å². The van der Waals surface area contributed by atoms with Gasteiger partial charge >= 0.3 is 0 Å². The average Bonchev–Trinajstić information content (AvgIpc) is 2.70. The van der Waals surface area contributed by atoms with Crippen molar-refractivity contribution in [1.29, 1.82) is 0 Å². The monoisotopic (exact) mass is 368 g/mol. The van der Waals surface area contributed by atoms with Gasteiger partial charge in [-0.05, 0) is 29.8 Å². The molecular formula is C19H17FN4O3. The first kappa shape index (κ1) is 17.0. The van der Waals surface area contributed by atoms with Crippen LogP contribution in [-0.4, -0.2) is 34.4 Å². The van der Waals surface area contributed by atoms with E-state index in [1.165, 1.54) is 12.1 Å². The molecule has 0 spiro atoms. The number of aromatic nitrogens is 3. The molecule has 2 aromatic carbocycles. The third-order valence-corrected chi connectivity index (χ3v) is 4.11. The summed E-state index contributed by atoms with van der Waals surface area (Å²) in [5.41, 5.74) is 0.699. The molecule has 8 heteroatoms. The number of benzene rings is 2. The van der Waals surface area contributed by atoms with Crippen LogP contribution in [0, 0.1) is 5.82 Å². The maximum absolute atomic E-state index is 13.0. The molecule has 1 aromatic heterocycles. The molecule has 2 N–H and O–H groups in total. The van der Waals surface area contributed by atoms with Crippen molar-refractivity contribution < 1.29 is 13.9 Å². The Balaban J connectivity index is 1.37. The lowest BCUT2D eigenvalue weighted by Crippen LogP contribution is -2.36. The molecule has 1 atom stereocenters. The smallest absolute Gasteiger partial charge is 0.274 e. The number of H-pyrrole nitrogens is 1. The van der Waals surface area contributed by atoms with E-state index >= 15 is 0 Å². The van der Waals surface area contributed by atoms with Crippen LogP contribution in [0.4, 0.5) is 10.3 Å². The van der Waals surface area contributed by atoms with Crippen LogP contribution in [0.25, 0.3) is 0 Å². The Labute approximate surface area is 154 Å². The second kappa shape index (κ2) is 7.45. The van der Waals surface area contributed by atoms with Gasteiger partial charge in [0.25, 0.3) is 5.56 Å². The Kier molecular flexibility index (Phi) is 4.69. The van der Waals surface area contributed by atoms with Crippen molar-refractivity contribution in [2.45, 2.75) is 12.5 Å². The number of ether oxygens (including phenoxy) is 2. The normalized spacial score (nSPS) is 15.4. The highest BCUT2D eigenvalue weighted by Gasteiger charge is 2.20. The van der Waals surface area contributed by atoms with Gasteiger partial charge in [0, 0.05) is 6.42 Å². The Morgan fingerprint density at radius 1 is 1.11 bits per heavy atom. The number of nitrogens with zero attached hydrogens (tertiary/aromatic N) is 2. The van der Waals surface area contributed by atoms with Crippen molar-refractivity contribution in [3.63, 3.8) is 0 Å². The molecule has 138 valence electrons. The highest BCUT2D eigenvalue weighted by atomic mass is 19.1. The number of para-hydroxylation sites is 2. The Hall–Kier alpha value is -3.42. The van der Waals surface area contributed by atoms with E-state index in [4.69, 9.17) is 9.47 Å². The largest absolute Gasteiger partial charge is 0.486 e. The molecule has 1 aliphatic rings. The topological polar surface area (TPSA) is 89.1 Å². The van der Waals surface area contributed by atoms with Gasteiger partial charge in [-0.25, -0.2) is 4.39 Å². The van der Waals surface area contributed by atoms with Crippen LogP contribution < -0.4 is 20.3 Å². The lowest BCUT2D eigenvalue weighted by Gasteiger charge is -2.26. The molecule has 2 heterocycles. The predicted octanol–water partition coefficient (Wildman–Crippen LogP) is 2.15. The van der Waals surface area contributed by atoms with Gasteiger partial charge in [0.2, 0.25) is 5.95 Å². The fraction of sp³-hybridized carbons (Fsp3) is 0.211. The summed E-state index contributed by atoms with van der Waals surface area (Å²) in [4.78, 5) is 14.9. The number of hydrogen-bond donors (Lipinski definition) is 2. The fourth-order valence-corrected chi connectivity index (χ4v) is 2.73. The maximum atomic E-state index is 13.0. The minimum absolute atomic E-state index is 0.218. The molecule has 0 saturated heterocycles. The van der Waals surface area contributed by atoms with E-state index in [1.807, 2.05) is 24.3 Å². The third kappa shape index (κ3) is 4.05. The van der Waals surface area contributed by atoms with Crippen LogP contribution in [0.3, 0.4) is 0 Å². The molecule has 0 amide bonds. The molecule has 0 radical (unpaired) electrons. The number of fused-ring (bicyclic) bond motifs is 1. The van der Waals surface area contributed by atoms with Crippen molar-refractivity contribution >= 4 is 5.95 Å². The predicted molar refractivity (Wildman–Crippen MR) is 96.7 cm³/mol. The number of rotatable bonds is 5. The Morgan fingerprint density at radius 3 is 2.67 bits per heavy atom. The van der Waals surface area contributed by atoms with Gasteiger partial charge in [0.05, 0.1) is 6.54 Å². The summed E-state index contributed by atoms with van der Waals surface area (Å²) in [5, 5.41) is 11.0. The number of anilines is 1. The first-order valence-electron chi connectivity index (χ1n) is 8.50. The number of aromatic amines is 1. The zero-order valence-corrected chi connectivity index (χ0v) is 14.3. The van der Waals surface area contributed by atoms with Crippen LogP contribution in [0.5, 0.6) is 11.5 Å². The van der Waals surface area contributed by atoms with E-state index in [1.54, 1.807) is 12.1 Å². The van der Waals surface area contributed by atoms with Gasteiger partial charge in [-0.1, -0.05) is 24.3 Å². The summed E-state index contributed by atoms with van der Waals surface area (Å²) < 4.78 is 24.4. The van der Waals surface area contributed by atoms with Gasteiger partial charge in [-0.3, -0.25) is 9.78 Å². The molecule has 27 heavy (non-hydrogen) atoms. The molecule has 1 aliphatic heterocycles. The quantitative estimate of drug-likeness (QED) is 0.717. The second-order valence-electron chi connectivity index (χ2n) is 6.13. The maximum Gasteiger partial charge on any atom is 0.274 e. The average molecular weight is 368 g/mol. The Morgan fingerprint density at radius 2 is 1.89 bits per heavy atom. The van der Waals surface area contributed by atoms with Gasteiger partial charge in [0.15, 0.2) is 11.5 Å². The highest BCUT2D eigenvalue weighted by molar-refractivity contribution is 5.41. The zero-order valence-electron chi connectivity index (χ0n) is 14.3. The van der Waals surface area contributed by atoms with Crippen molar-refractivity contribution in [2.75, 3.05) is 18.5 Å². The minimum Gasteiger partial charge on any atom is -0.486 e. The second-order valence-corrected chi connectivity index (χ2v) is 6.13. The standard InChI is InChI=1S/C19H17FN4O3/c20-13-7-5-12(6-8-13)9-15-18(25)22-19(24-23-15)21-10-14-11-26-16-3-1-2-4-17(16)27-14/h1-8,14H,9-11H2,(H2,21,22,24,25). The van der Waals surface area contributed by atoms with E-state index in [0.29, 0.717) is 24.7 Å². The summed E-state index contributed by atoms with van der Waals surface area (Å²) in [6.07, 6.45) is 0.0586. The SMILES string of the molecule is O=c1[nH]c(NCC2COc3ccccc3O2)nnc1Cc1ccc(F)cc1. The summed E-state index contributed by atoms with van der Waals surface area (Å²) in [6, 6.07) is 13.4. The van der Waals surface area contributed by atoms with Crippen LogP contribution >= 0.6 is 0 Å². The summed E-state index contributed by atoms with van der Waals surface area (Å²) in [7, 11) is 0. The van der Waals surface area contributed by atoms with Gasteiger partial charge in [-0.15, -0.1) is 10.2 Å². The van der Waals surface area contributed by atoms with Crippen LogP contribution in [0.15, 0.2) is 53.3 Å². The molecule has 1 unspecified atom stereocenters. The van der Waals surface area contributed by atoms with Gasteiger partial charge in [0.1, 0.15) is 24.2 Å². The van der Waals surface area contributed by atoms with E-state index < -0.39 is 0 Å². The molecule has 0 bridgehead atoms. The first-order valence-corrected chi connectivity index (χ1v) is 8.50. The van der Waals surface area contributed by atoms with E-state index in [9.17, 15) is 9.18 Å². The molecular weight excluding hydrogens is 351 g/mol. The molecule has 0 fully saturated rings. The van der Waals surface area contributed by atoms with E-state index in [0.717, 1.165) is 5.56 Å². The molecule has 4 rings (SSSR count). The fourth-order valence-electron chi connectivity index (χ4n) is 2.73. The summed E-state index contributed by atoms with van der Waals surface area (Å²) in [5.74, 6) is 1.33. The van der Waals surface area contributed by atoms with Gasteiger partial charge < -0.3 is 14.8 Å². The lowest BCUT2D eigenvalue weighted by atomic mass is 10.1. The van der Waals surface area contributed by atoms with Crippen molar-refractivity contribution in [1.82, 2.24) is 15.2 Å². The van der Waals surface area contributed by atoms with Crippen LogP contribution in [-0.2, 0) is 6.42 Å². The Bertz CT molecular complexity index is 991. The summed E-state index contributed by atoms with van der Waals surface area (Å²) >= 11 is 0. The number of halogens is 1. The third-order valence-electron chi connectivity index (χ3n) is 4.11. The summed E-state index contributed by atoms with van der Waals surface area (Å²) in [6.45, 7) is 0.792. The number of nitrogens with one attached hydrogen (secondary N) is 2. The number of hydrogen-bond acceptors (Lipinski definition) is 6. The molecule has 7 nitrogen and oxygen atoms in total. The van der Waals surface area contributed by atoms with Crippen LogP contribution in [0.2, 0.25) is 0 Å². The minimum atomic E-state index is -0.344. The highest BCUT2D eigenvalue weighted by Crippen LogP contribution is 2.30. The lowest BCUT2D eigenvalue weighted by molar-refractivity contribution is 0.0996. The molecule has 0 saturated carbocycles. The van der Waals surface area contributed by atoms with Crippen molar-refractivity contribution in [2.24, 2.45) is 0 Å². The molecule has 3 aromatic rings.